The van der Waals surface area contributed by atoms with E-state index in [0.29, 0.717) is 24.9 Å². The Morgan fingerprint density at radius 2 is 1.24 bits per heavy atom. The minimum absolute atomic E-state index is 0.0531. The van der Waals surface area contributed by atoms with E-state index in [2.05, 4.69) is 26.6 Å². The number of rotatable bonds is 21. The number of aliphatic hydroxyl groups is 1. The number of nitrogens with one attached hydrogen (secondary N) is 5. The molecule has 16 heteroatoms. The van der Waals surface area contributed by atoms with Crippen LogP contribution in [0.5, 0.6) is 0 Å². The van der Waals surface area contributed by atoms with E-state index >= 15 is 0 Å². The van der Waals surface area contributed by atoms with Gasteiger partial charge in [-0.15, -0.1) is 0 Å². The summed E-state index contributed by atoms with van der Waals surface area (Å²) >= 11 is 0. The Morgan fingerprint density at radius 1 is 0.717 bits per heavy atom. The number of carboxylic acid groups (broad SMARTS) is 2. The van der Waals surface area contributed by atoms with Gasteiger partial charge in [0.2, 0.25) is 29.5 Å². The number of hydrogen-bond acceptors (Lipinski definition) is 9. The van der Waals surface area contributed by atoms with Crippen molar-refractivity contribution in [1.82, 2.24) is 26.6 Å². The number of carbonyl (C=O) groups excluding carboxylic acids is 5. The fraction of sp³-hybridized carbons (Fsp3) is 0.567. The molecule has 5 amide bonds. The van der Waals surface area contributed by atoms with Crippen LogP contribution in [-0.2, 0) is 40.0 Å². The molecular weight excluding hydrogens is 604 g/mol. The number of amides is 5. The van der Waals surface area contributed by atoms with Gasteiger partial charge in [0.15, 0.2) is 0 Å². The molecule has 0 bridgehead atoms. The standard InChI is InChI=1S/C30H46N6O10/c1-17(2)13-23(30(45)46)35-26(41)20(11-7-8-12-31)33-29(44)24(16-37)36-27(42)21(14-19-9-5-4-6-10-19)34-28(43)22(15-25(39)40)32-18(3)38/h4-6,9-10,17,20-24,37H,7-8,11-16,31H2,1-3H3,(H,32,38)(H,33,44)(H,34,43)(H,35,41)(H,36,42)(H,39,40)(H,45,46)/t20-,21-,22-,23-,24-/m0/s1. The summed E-state index contributed by atoms with van der Waals surface area (Å²) in [5, 5.41) is 40.6. The fourth-order valence-corrected chi connectivity index (χ4v) is 4.43. The molecule has 1 rings (SSSR count). The van der Waals surface area contributed by atoms with Crippen molar-refractivity contribution in [2.75, 3.05) is 13.2 Å². The molecule has 0 aromatic heterocycles. The van der Waals surface area contributed by atoms with Crippen LogP contribution in [0.1, 0.15) is 58.4 Å². The lowest BCUT2D eigenvalue weighted by atomic mass is 10.0. The summed E-state index contributed by atoms with van der Waals surface area (Å²) < 4.78 is 0. The number of aliphatic carboxylic acids is 2. The third-order valence-corrected chi connectivity index (χ3v) is 6.71. The first kappa shape index (κ1) is 39.5. The lowest BCUT2D eigenvalue weighted by molar-refractivity contribution is -0.143. The van der Waals surface area contributed by atoms with Crippen LogP contribution in [-0.4, -0.2) is 100 Å². The first-order valence-corrected chi connectivity index (χ1v) is 15.0. The number of benzene rings is 1. The highest BCUT2D eigenvalue weighted by Gasteiger charge is 2.32. The molecule has 0 radical (unpaired) electrons. The van der Waals surface area contributed by atoms with E-state index in [1.54, 1.807) is 44.2 Å². The van der Waals surface area contributed by atoms with E-state index < -0.39 is 84.7 Å². The van der Waals surface area contributed by atoms with Crippen molar-refractivity contribution in [2.24, 2.45) is 11.7 Å². The summed E-state index contributed by atoms with van der Waals surface area (Å²) in [5.41, 5.74) is 6.14. The molecule has 0 spiro atoms. The zero-order valence-electron chi connectivity index (χ0n) is 26.3. The van der Waals surface area contributed by atoms with Crippen molar-refractivity contribution in [2.45, 2.75) is 89.5 Å². The molecular formula is C30H46N6O10. The zero-order valence-corrected chi connectivity index (χ0v) is 26.3. The molecule has 10 N–H and O–H groups in total. The van der Waals surface area contributed by atoms with Gasteiger partial charge in [0.25, 0.3) is 0 Å². The number of unbranched alkanes of at least 4 members (excludes halogenated alkanes) is 1. The van der Waals surface area contributed by atoms with Gasteiger partial charge >= 0.3 is 11.9 Å². The van der Waals surface area contributed by atoms with Crippen molar-refractivity contribution in [3.63, 3.8) is 0 Å². The Morgan fingerprint density at radius 3 is 1.76 bits per heavy atom. The van der Waals surface area contributed by atoms with Gasteiger partial charge in [-0.25, -0.2) is 4.79 Å². The lowest BCUT2D eigenvalue weighted by Crippen LogP contribution is -2.60. The highest BCUT2D eigenvalue weighted by molar-refractivity contribution is 5.96. The molecule has 16 nitrogen and oxygen atoms in total. The Kier molecular flexibility index (Phi) is 17.5. The van der Waals surface area contributed by atoms with Crippen LogP contribution in [0.15, 0.2) is 30.3 Å². The van der Waals surface area contributed by atoms with Crippen molar-refractivity contribution in [3.8, 4) is 0 Å². The third kappa shape index (κ3) is 14.9. The maximum absolute atomic E-state index is 13.4. The number of carbonyl (C=O) groups is 7. The summed E-state index contributed by atoms with van der Waals surface area (Å²) in [4.78, 5) is 87.2. The minimum atomic E-state index is -1.59. The first-order valence-electron chi connectivity index (χ1n) is 15.0. The van der Waals surface area contributed by atoms with E-state index in [1.807, 2.05) is 0 Å². The molecule has 1 aromatic carbocycles. The van der Waals surface area contributed by atoms with Gasteiger partial charge < -0.3 is 47.6 Å². The molecule has 0 saturated heterocycles. The average molecular weight is 651 g/mol. The number of nitrogens with two attached hydrogens (primary N) is 1. The van der Waals surface area contributed by atoms with E-state index in [0.717, 1.165) is 6.92 Å². The molecule has 1 aromatic rings. The van der Waals surface area contributed by atoms with Crippen molar-refractivity contribution < 1.29 is 48.9 Å². The molecule has 46 heavy (non-hydrogen) atoms. The normalized spacial score (nSPS) is 14.1. The van der Waals surface area contributed by atoms with Crippen LogP contribution < -0.4 is 32.3 Å². The summed E-state index contributed by atoms with van der Waals surface area (Å²) in [7, 11) is 0. The van der Waals surface area contributed by atoms with Gasteiger partial charge in [-0.05, 0) is 43.7 Å². The van der Waals surface area contributed by atoms with Crippen molar-refractivity contribution >= 4 is 41.5 Å². The molecule has 0 fully saturated rings. The highest BCUT2D eigenvalue weighted by atomic mass is 16.4. The summed E-state index contributed by atoms with van der Waals surface area (Å²) in [5.74, 6) is -6.96. The van der Waals surface area contributed by atoms with E-state index in [9.17, 15) is 48.9 Å². The molecule has 0 heterocycles. The molecule has 0 aliphatic rings. The number of hydrogen-bond donors (Lipinski definition) is 9. The van der Waals surface area contributed by atoms with Gasteiger partial charge in [0.1, 0.15) is 30.2 Å². The Hall–Kier alpha value is -4.57. The second-order valence-electron chi connectivity index (χ2n) is 11.2. The van der Waals surface area contributed by atoms with Crippen molar-refractivity contribution in [1.29, 1.82) is 0 Å². The van der Waals surface area contributed by atoms with E-state index in [1.165, 1.54) is 0 Å². The van der Waals surface area contributed by atoms with Gasteiger partial charge in [0.05, 0.1) is 13.0 Å². The second kappa shape index (κ2) is 20.5. The van der Waals surface area contributed by atoms with Gasteiger partial charge in [-0.3, -0.25) is 28.8 Å². The van der Waals surface area contributed by atoms with Crippen LogP contribution in [0.2, 0.25) is 0 Å². The SMILES string of the molecule is CC(=O)N[C@@H](CC(=O)O)C(=O)N[C@@H](Cc1ccccc1)C(=O)N[C@@H](CO)C(=O)N[C@@H](CCCCN)C(=O)N[C@@H](CC(C)C)C(=O)O. The van der Waals surface area contributed by atoms with Crippen LogP contribution in [0.4, 0.5) is 0 Å². The fourth-order valence-electron chi connectivity index (χ4n) is 4.43. The predicted molar refractivity (Wildman–Crippen MR) is 165 cm³/mol. The van der Waals surface area contributed by atoms with Crippen LogP contribution in [0.3, 0.4) is 0 Å². The molecule has 0 aliphatic heterocycles. The molecule has 5 atom stereocenters. The predicted octanol–water partition coefficient (Wildman–Crippen LogP) is -1.60. The maximum atomic E-state index is 13.4. The average Bonchev–Trinajstić information content (AvgIpc) is 2.97. The van der Waals surface area contributed by atoms with E-state index in [4.69, 9.17) is 5.73 Å². The maximum Gasteiger partial charge on any atom is 0.326 e. The van der Waals surface area contributed by atoms with Gasteiger partial charge in [-0.1, -0.05) is 44.2 Å². The first-order chi connectivity index (χ1) is 21.7. The van der Waals surface area contributed by atoms with Gasteiger partial charge in [-0.2, -0.15) is 0 Å². The van der Waals surface area contributed by atoms with Gasteiger partial charge in [0, 0.05) is 13.3 Å². The van der Waals surface area contributed by atoms with Crippen LogP contribution in [0, 0.1) is 5.92 Å². The Bertz CT molecular complexity index is 1180. The molecule has 0 saturated carbocycles. The van der Waals surface area contributed by atoms with Crippen molar-refractivity contribution in [3.05, 3.63) is 35.9 Å². The third-order valence-electron chi connectivity index (χ3n) is 6.71. The Balaban J connectivity index is 3.18. The second-order valence-corrected chi connectivity index (χ2v) is 11.2. The quantitative estimate of drug-likeness (QED) is 0.0684. The molecule has 256 valence electrons. The Labute approximate surface area is 267 Å². The number of carboxylic acids is 2. The largest absolute Gasteiger partial charge is 0.481 e. The summed E-state index contributed by atoms with van der Waals surface area (Å²) in [6, 6.07) is 1.54. The van der Waals surface area contributed by atoms with E-state index in [-0.39, 0.29) is 25.2 Å². The highest BCUT2D eigenvalue weighted by Crippen LogP contribution is 2.09. The summed E-state index contributed by atoms with van der Waals surface area (Å²) in [6.45, 7) is 4.08. The van der Waals surface area contributed by atoms with Crippen LogP contribution >= 0.6 is 0 Å². The molecule has 0 unspecified atom stereocenters. The monoisotopic (exact) mass is 650 g/mol. The molecule has 0 aliphatic carbocycles. The zero-order chi connectivity index (χ0) is 34.8. The van der Waals surface area contributed by atoms with Crippen LogP contribution in [0.25, 0.3) is 0 Å². The number of aliphatic hydroxyl groups excluding tert-OH is 1. The lowest BCUT2D eigenvalue weighted by Gasteiger charge is -2.26. The smallest absolute Gasteiger partial charge is 0.326 e. The summed E-state index contributed by atoms with van der Waals surface area (Å²) in [6.07, 6.45) is 0.286. The topological polar surface area (TPSA) is 266 Å². The minimum Gasteiger partial charge on any atom is -0.481 e.